The number of thioether (sulfide) groups is 2. The smallest absolute Gasteiger partial charge is 0.239 e. The molecule has 2 amide bonds. The van der Waals surface area contributed by atoms with Crippen molar-refractivity contribution in [2.75, 3.05) is 10.6 Å². The third kappa shape index (κ3) is 6.33. The van der Waals surface area contributed by atoms with E-state index >= 15 is 0 Å². The molecule has 10 heteroatoms. The normalized spacial score (nSPS) is 11.8. The fourth-order valence-corrected chi connectivity index (χ4v) is 5.53. The SMILES string of the molecule is CC(=O)Nc1ccc(SC(C)C(=O)Nc2nnc(SCc3cccs3)s2)cc1. The molecule has 1 aromatic carbocycles. The van der Waals surface area contributed by atoms with Gasteiger partial charge in [0.25, 0.3) is 0 Å². The predicted octanol–water partition coefficient (Wildman–Crippen LogP) is 4.97. The highest BCUT2D eigenvalue weighted by molar-refractivity contribution is 8.00. The number of nitrogens with zero attached hydrogens (tertiary/aromatic N) is 2. The van der Waals surface area contributed by atoms with E-state index in [9.17, 15) is 9.59 Å². The summed E-state index contributed by atoms with van der Waals surface area (Å²) in [5.74, 6) is 0.612. The van der Waals surface area contributed by atoms with Gasteiger partial charge in [-0.1, -0.05) is 29.2 Å². The molecule has 2 aromatic heterocycles. The zero-order chi connectivity index (χ0) is 19.9. The minimum absolute atomic E-state index is 0.113. The molecule has 1 atom stereocenters. The summed E-state index contributed by atoms with van der Waals surface area (Å²) in [6, 6.07) is 11.5. The van der Waals surface area contributed by atoms with E-state index < -0.39 is 0 Å². The largest absolute Gasteiger partial charge is 0.326 e. The van der Waals surface area contributed by atoms with Crippen LogP contribution in [0.25, 0.3) is 0 Å². The molecule has 0 fully saturated rings. The second kappa shape index (κ2) is 10.1. The number of thiophene rings is 1. The van der Waals surface area contributed by atoms with E-state index in [1.165, 1.54) is 34.9 Å². The van der Waals surface area contributed by atoms with Gasteiger partial charge >= 0.3 is 0 Å². The maximum absolute atomic E-state index is 12.4. The minimum Gasteiger partial charge on any atom is -0.326 e. The Bertz CT molecular complexity index is 925. The summed E-state index contributed by atoms with van der Waals surface area (Å²) in [6.45, 7) is 3.31. The Kier molecular flexibility index (Phi) is 7.49. The van der Waals surface area contributed by atoms with Crippen LogP contribution in [0.3, 0.4) is 0 Å². The number of anilines is 2. The molecule has 1 unspecified atom stereocenters. The topological polar surface area (TPSA) is 84.0 Å². The van der Waals surface area contributed by atoms with Gasteiger partial charge in [0.1, 0.15) is 0 Å². The highest BCUT2D eigenvalue weighted by Crippen LogP contribution is 2.30. The summed E-state index contributed by atoms with van der Waals surface area (Å²) < 4.78 is 0.831. The Morgan fingerprint density at radius 1 is 1.14 bits per heavy atom. The van der Waals surface area contributed by atoms with Crippen LogP contribution in [0.2, 0.25) is 0 Å². The van der Waals surface area contributed by atoms with Crippen LogP contribution in [-0.4, -0.2) is 27.3 Å². The molecule has 0 aliphatic rings. The van der Waals surface area contributed by atoms with Crippen LogP contribution in [0.5, 0.6) is 0 Å². The third-order valence-corrected chi connectivity index (χ3v) is 7.60. The van der Waals surface area contributed by atoms with Gasteiger partial charge in [0.2, 0.25) is 16.9 Å². The van der Waals surface area contributed by atoms with Crippen LogP contribution in [0.1, 0.15) is 18.7 Å². The standard InChI is InChI=1S/C18H18N4O2S4/c1-11(27-14-7-5-13(6-8-14)19-12(2)23)16(24)20-17-21-22-18(28-17)26-10-15-4-3-9-25-15/h3-9,11H,10H2,1-2H3,(H,19,23)(H,20,21,24). The lowest BCUT2D eigenvalue weighted by Gasteiger charge is -2.10. The second-order valence-corrected chi connectivity index (χ2v) is 10.3. The van der Waals surface area contributed by atoms with E-state index in [4.69, 9.17) is 0 Å². The minimum atomic E-state index is -0.294. The van der Waals surface area contributed by atoms with Crippen LogP contribution in [-0.2, 0) is 15.3 Å². The van der Waals surface area contributed by atoms with E-state index in [-0.39, 0.29) is 17.1 Å². The monoisotopic (exact) mass is 450 g/mol. The van der Waals surface area contributed by atoms with Crippen molar-refractivity contribution in [3.8, 4) is 0 Å². The Labute approximate surface area is 179 Å². The van der Waals surface area contributed by atoms with Crippen molar-refractivity contribution in [3.05, 3.63) is 46.7 Å². The maximum atomic E-state index is 12.4. The summed E-state index contributed by atoms with van der Waals surface area (Å²) in [6.07, 6.45) is 0. The highest BCUT2D eigenvalue weighted by Gasteiger charge is 2.17. The molecule has 146 valence electrons. The van der Waals surface area contributed by atoms with Crippen molar-refractivity contribution in [3.63, 3.8) is 0 Å². The molecule has 2 N–H and O–H groups in total. The van der Waals surface area contributed by atoms with E-state index in [1.54, 1.807) is 23.1 Å². The molecule has 3 rings (SSSR count). The molecule has 6 nitrogen and oxygen atoms in total. The van der Waals surface area contributed by atoms with E-state index in [1.807, 2.05) is 42.6 Å². The zero-order valence-corrected chi connectivity index (χ0v) is 18.4. The summed E-state index contributed by atoms with van der Waals surface area (Å²) >= 11 is 6.14. The fraction of sp³-hybridized carbons (Fsp3) is 0.222. The summed E-state index contributed by atoms with van der Waals surface area (Å²) in [4.78, 5) is 25.7. The van der Waals surface area contributed by atoms with E-state index in [0.29, 0.717) is 5.13 Å². The molecule has 0 saturated heterocycles. The number of aromatic nitrogens is 2. The molecule has 3 aromatic rings. The third-order valence-electron chi connectivity index (χ3n) is 3.41. The lowest BCUT2D eigenvalue weighted by molar-refractivity contribution is -0.115. The maximum Gasteiger partial charge on any atom is 0.239 e. The predicted molar refractivity (Wildman–Crippen MR) is 118 cm³/mol. The highest BCUT2D eigenvalue weighted by atomic mass is 32.2. The van der Waals surface area contributed by atoms with Crippen LogP contribution in [0.4, 0.5) is 10.8 Å². The van der Waals surface area contributed by atoms with Gasteiger partial charge in [-0.2, -0.15) is 0 Å². The Balaban J connectivity index is 1.49. The zero-order valence-electron chi connectivity index (χ0n) is 15.2. The van der Waals surface area contributed by atoms with Gasteiger partial charge in [0, 0.05) is 28.1 Å². The first-order valence-electron chi connectivity index (χ1n) is 8.33. The average Bonchev–Trinajstić information content (AvgIpc) is 3.33. The van der Waals surface area contributed by atoms with Crippen molar-refractivity contribution >= 4 is 68.8 Å². The number of carbonyl (C=O) groups excluding carboxylic acids is 2. The number of hydrogen-bond acceptors (Lipinski definition) is 8. The number of carbonyl (C=O) groups is 2. The second-order valence-electron chi connectivity index (χ2n) is 5.70. The van der Waals surface area contributed by atoms with Gasteiger partial charge in [-0.05, 0) is 42.6 Å². The molecule has 0 aliphatic heterocycles. The number of hydrogen-bond donors (Lipinski definition) is 2. The van der Waals surface area contributed by atoms with Gasteiger partial charge in [0.05, 0.1) is 5.25 Å². The number of benzene rings is 1. The summed E-state index contributed by atoms with van der Waals surface area (Å²) in [5, 5.41) is 16.0. The van der Waals surface area contributed by atoms with Crippen molar-refractivity contribution in [1.82, 2.24) is 10.2 Å². The summed E-state index contributed by atoms with van der Waals surface area (Å²) in [7, 11) is 0. The molecule has 2 heterocycles. The van der Waals surface area contributed by atoms with Crippen LogP contribution in [0, 0.1) is 0 Å². The first kappa shape index (κ1) is 20.8. The fourth-order valence-electron chi connectivity index (χ4n) is 2.13. The molecule has 0 saturated carbocycles. The molecular formula is C18H18N4O2S4. The lowest BCUT2D eigenvalue weighted by atomic mass is 10.3. The lowest BCUT2D eigenvalue weighted by Crippen LogP contribution is -2.22. The summed E-state index contributed by atoms with van der Waals surface area (Å²) in [5.41, 5.74) is 0.732. The van der Waals surface area contributed by atoms with Gasteiger partial charge in [-0.15, -0.1) is 33.3 Å². The van der Waals surface area contributed by atoms with Crippen molar-refractivity contribution in [2.24, 2.45) is 0 Å². The van der Waals surface area contributed by atoms with Crippen LogP contribution >= 0.6 is 46.2 Å². The molecular weight excluding hydrogens is 432 g/mol. The molecule has 0 aliphatic carbocycles. The van der Waals surface area contributed by atoms with Crippen molar-refractivity contribution in [2.45, 2.75) is 34.1 Å². The van der Waals surface area contributed by atoms with Gasteiger partial charge < -0.3 is 5.32 Å². The quantitative estimate of drug-likeness (QED) is 0.372. The first-order valence-corrected chi connectivity index (χ1v) is 11.9. The van der Waals surface area contributed by atoms with Gasteiger partial charge in [-0.3, -0.25) is 14.9 Å². The Morgan fingerprint density at radius 3 is 2.61 bits per heavy atom. The number of amides is 2. The van der Waals surface area contributed by atoms with Gasteiger partial charge in [-0.25, -0.2) is 0 Å². The first-order chi connectivity index (χ1) is 13.5. The molecule has 0 spiro atoms. The Hall–Kier alpha value is -1.88. The number of nitrogens with one attached hydrogen (secondary N) is 2. The van der Waals surface area contributed by atoms with Crippen LogP contribution < -0.4 is 10.6 Å². The van der Waals surface area contributed by atoms with E-state index in [0.717, 1.165) is 20.7 Å². The van der Waals surface area contributed by atoms with Crippen molar-refractivity contribution in [1.29, 1.82) is 0 Å². The molecule has 0 radical (unpaired) electrons. The van der Waals surface area contributed by atoms with Crippen molar-refractivity contribution < 1.29 is 9.59 Å². The van der Waals surface area contributed by atoms with Gasteiger partial charge in [0.15, 0.2) is 4.34 Å². The van der Waals surface area contributed by atoms with Crippen LogP contribution in [0.15, 0.2) is 51.0 Å². The number of rotatable bonds is 8. The average molecular weight is 451 g/mol. The molecule has 0 bridgehead atoms. The van der Waals surface area contributed by atoms with E-state index in [2.05, 4.69) is 26.9 Å². The molecule has 28 heavy (non-hydrogen) atoms. The Morgan fingerprint density at radius 2 is 1.93 bits per heavy atom.